The summed E-state index contributed by atoms with van der Waals surface area (Å²) >= 11 is 0. The third kappa shape index (κ3) is 3.87. The monoisotopic (exact) mass is 253 g/mol. The summed E-state index contributed by atoms with van der Waals surface area (Å²) in [6.45, 7) is 5.05. The van der Waals surface area contributed by atoms with Crippen LogP contribution in [0.1, 0.15) is 38.5 Å². The molecule has 0 radical (unpaired) electrons. The van der Waals surface area contributed by atoms with Gasteiger partial charge in [-0.25, -0.2) is 4.79 Å². The number of carbonyl (C=O) groups is 1. The van der Waals surface area contributed by atoms with Gasteiger partial charge < -0.3 is 15.1 Å². The number of nitrogens with zero attached hydrogens (tertiary/aromatic N) is 2. The van der Waals surface area contributed by atoms with E-state index in [9.17, 15) is 4.79 Å². The van der Waals surface area contributed by atoms with Gasteiger partial charge in [-0.05, 0) is 44.7 Å². The first-order valence-electron chi connectivity index (χ1n) is 7.48. The molecule has 0 aromatic heterocycles. The first kappa shape index (κ1) is 13.7. The van der Waals surface area contributed by atoms with E-state index in [0.717, 1.165) is 32.7 Å². The van der Waals surface area contributed by atoms with Crippen molar-refractivity contribution in [2.45, 2.75) is 38.5 Å². The van der Waals surface area contributed by atoms with E-state index < -0.39 is 0 Å². The Morgan fingerprint density at radius 3 is 2.39 bits per heavy atom. The molecule has 4 heteroatoms. The largest absolute Gasteiger partial charge is 0.327 e. The van der Waals surface area contributed by atoms with Crippen LogP contribution in [0.25, 0.3) is 0 Å². The van der Waals surface area contributed by atoms with E-state index in [0.29, 0.717) is 5.92 Å². The molecule has 18 heavy (non-hydrogen) atoms. The number of rotatable bonds is 2. The second-order valence-corrected chi connectivity index (χ2v) is 5.76. The lowest BCUT2D eigenvalue weighted by Gasteiger charge is -2.31. The molecule has 2 heterocycles. The fraction of sp³-hybridized carbons (Fsp3) is 0.929. The Bertz CT molecular complexity index is 256. The van der Waals surface area contributed by atoms with E-state index >= 15 is 0 Å². The number of hydrogen-bond acceptors (Lipinski definition) is 2. The van der Waals surface area contributed by atoms with E-state index in [2.05, 4.69) is 5.32 Å². The molecule has 0 bridgehead atoms. The quantitative estimate of drug-likeness (QED) is 0.816. The standard InChI is InChI=1S/C14H27N3O/c1-16(12-13-6-8-15-9-7-13)14(18)17-10-4-2-3-5-11-17/h13,15H,2-12H2,1H3. The maximum absolute atomic E-state index is 12.4. The van der Waals surface area contributed by atoms with Gasteiger partial charge in [-0.3, -0.25) is 0 Å². The number of hydrogen-bond donors (Lipinski definition) is 1. The Labute approximate surface area is 111 Å². The van der Waals surface area contributed by atoms with E-state index in [1.165, 1.54) is 38.5 Å². The van der Waals surface area contributed by atoms with Crippen molar-refractivity contribution in [2.24, 2.45) is 5.92 Å². The molecule has 0 aliphatic carbocycles. The van der Waals surface area contributed by atoms with Crippen molar-refractivity contribution < 1.29 is 4.79 Å². The topological polar surface area (TPSA) is 35.6 Å². The molecule has 0 aromatic carbocycles. The Morgan fingerprint density at radius 1 is 1.17 bits per heavy atom. The van der Waals surface area contributed by atoms with Crippen molar-refractivity contribution in [1.29, 1.82) is 0 Å². The lowest BCUT2D eigenvalue weighted by atomic mass is 9.98. The molecule has 2 aliphatic heterocycles. The lowest BCUT2D eigenvalue weighted by molar-refractivity contribution is 0.153. The van der Waals surface area contributed by atoms with Crippen LogP contribution in [0.15, 0.2) is 0 Å². The zero-order chi connectivity index (χ0) is 12.8. The molecule has 2 amide bonds. The van der Waals surface area contributed by atoms with Gasteiger partial charge in [0.15, 0.2) is 0 Å². The third-order valence-electron chi connectivity index (χ3n) is 4.19. The van der Waals surface area contributed by atoms with Crippen molar-refractivity contribution in [3.63, 3.8) is 0 Å². The molecule has 0 spiro atoms. The lowest BCUT2D eigenvalue weighted by Crippen LogP contribution is -2.44. The average Bonchev–Trinajstić information content (AvgIpc) is 2.68. The van der Waals surface area contributed by atoms with Crippen LogP contribution in [0, 0.1) is 5.92 Å². The van der Waals surface area contributed by atoms with E-state index in [-0.39, 0.29) is 6.03 Å². The molecular weight excluding hydrogens is 226 g/mol. The SMILES string of the molecule is CN(CC1CCNCC1)C(=O)N1CCCCCC1. The van der Waals surface area contributed by atoms with Crippen LogP contribution in [0.4, 0.5) is 4.79 Å². The van der Waals surface area contributed by atoms with Crippen LogP contribution in [-0.2, 0) is 0 Å². The van der Waals surface area contributed by atoms with Gasteiger partial charge in [0.25, 0.3) is 0 Å². The second-order valence-electron chi connectivity index (χ2n) is 5.76. The molecule has 1 N–H and O–H groups in total. The maximum atomic E-state index is 12.4. The van der Waals surface area contributed by atoms with Gasteiger partial charge in [-0.2, -0.15) is 0 Å². The summed E-state index contributed by atoms with van der Waals surface area (Å²) in [5.41, 5.74) is 0. The van der Waals surface area contributed by atoms with Crippen LogP contribution in [0.3, 0.4) is 0 Å². The van der Waals surface area contributed by atoms with Gasteiger partial charge in [-0.1, -0.05) is 12.8 Å². The smallest absolute Gasteiger partial charge is 0.319 e. The molecule has 104 valence electrons. The van der Waals surface area contributed by atoms with Crippen molar-refractivity contribution in [3.8, 4) is 0 Å². The number of urea groups is 1. The van der Waals surface area contributed by atoms with Crippen LogP contribution in [0.5, 0.6) is 0 Å². The highest BCUT2D eigenvalue weighted by Crippen LogP contribution is 2.15. The summed E-state index contributed by atoms with van der Waals surface area (Å²) < 4.78 is 0. The summed E-state index contributed by atoms with van der Waals surface area (Å²) in [6, 6.07) is 0.246. The van der Waals surface area contributed by atoms with Crippen LogP contribution >= 0.6 is 0 Å². The Morgan fingerprint density at radius 2 is 1.78 bits per heavy atom. The number of amides is 2. The fourth-order valence-corrected chi connectivity index (χ4v) is 3.03. The van der Waals surface area contributed by atoms with E-state index in [1.54, 1.807) is 0 Å². The number of piperidine rings is 1. The minimum absolute atomic E-state index is 0.246. The minimum Gasteiger partial charge on any atom is -0.327 e. The average molecular weight is 253 g/mol. The molecule has 2 saturated heterocycles. The first-order valence-corrected chi connectivity index (χ1v) is 7.48. The van der Waals surface area contributed by atoms with Gasteiger partial charge in [0.2, 0.25) is 0 Å². The van der Waals surface area contributed by atoms with Crippen molar-refractivity contribution in [2.75, 3.05) is 39.8 Å². The summed E-state index contributed by atoms with van der Waals surface area (Å²) in [5.74, 6) is 0.687. The minimum atomic E-state index is 0.246. The summed E-state index contributed by atoms with van der Waals surface area (Å²) in [6.07, 6.45) is 7.32. The van der Waals surface area contributed by atoms with E-state index in [1.807, 2.05) is 16.8 Å². The predicted octanol–water partition coefficient (Wildman–Crippen LogP) is 1.91. The number of likely N-dealkylation sites (tertiary alicyclic amines) is 1. The molecule has 2 aliphatic rings. The highest BCUT2D eigenvalue weighted by Gasteiger charge is 2.22. The van der Waals surface area contributed by atoms with Gasteiger partial charge in [0.1, 0.15) is 0 Å². The third-order valence-corrected chi connectivity index (χ3v) is 4.19. The predicted molar refractivity (Wildman–Crippen MR) is 73.7 cm³/mol. The van der Waals surface area contributed by atoms with Crippen LogP contribution in [0.2, 0.25) is 0 Å². The zero-order valence-electron chi connectivity index (χ0n) is 11.7. The highest BCUT2D eigenvalue weighted by molar-refractivity contribution is 5.74. The summed E-state index contributed by atoms with van der Waals surface area (Å²) in [4.78, 5) is 16.4. The fourth-order valence-electron chi connectivity index (χ4n) is 3.03. The zero-order valence-corrected chi connectivity index (χ0v) is 11.7. The Hall–Kier alpha value is -0.770. The second kappa shape index (κ2) is 6.98. The normalized spacial score (nSPS) is 22.6. The van der Waals surface area contributed by atoms with Crippen molar-refractivity contribution >= 4 is 6.03 Å². The highest BCUT2D eigenvalue weighted by atomic mass is 16.2. The Balaban J connectivity index is 1.79. The maximum Gasteiger partial charge on any atom is 0.319 e. The van der Waals surface area contributed by atoms with E-state index in [4.69, 9.17) is 0 Å². The van der Waals surface area contributed by atoms with Gasteiger partial charge >= 0.3 is 6.03 Å². The van der Waals surface area contributed by atoms with Crippen LogP contribution < -0.4 is 5.32 Å². The molecule has 0 atom stereocenters. The number of nitrogens with one attached hydrogen (secondary N) is 1. The Kier molecular flexibility index (Phi) is 5.29. The van der Waals surface area contributed by atoms with Crippen molar-refractivity contribution in [1.82, 2.24) is 15.1 Å². The van der Waals surface area contributed by atoms with Crippen molar-refractivity contribution in [3.05, 3.63) is 0 Å². The van der Waals surface area contributed by atoms with Gasteiger partial charge in [0, 0.05) is 26.7 Å². The first-order chi connectivity index (χ1) is 8.77. The molecule has 0 aromatic rings. The van der Waals surface area contributed by atoms with Crippen LogP contribution in [-0.4, -0.2) is 55.6 Å². The number of carbonyl (C=O) groups excluding carboxylic acids is 1. The molecule has 2 rings (SSSR count). The molecule has 0 unspecified atom stereocenters. The summed E-state index contributed by atoms with van der Waals surface area (Å²) in [7, 11) is 1.97. The van der Waals surface area contributed by atoms with Gasteiger partial charge in [0.05, 0.1) is 0 Å². The van der Waals surface area contributed by atoms with Gasteiger partial charge in [-0.15, -0.1) is 0 Å². The molecule has 2 fully saturated rings. The molecule has 0 saturated carbocycles. The molecular formula is C14H27N3O. The summed E-state index contributed by atoms with van der Waals surface area (Å²) in [5, 5.41) is 3.37. The molecule has 4 nitrogen and oxygen atoms in total.